The van der Waals surface area contributed by atoms with Gasteiger partial charge < -0.3 is 15.3 Å². The lowest BCUT2D eigenvalue weighted by atomic mass is 10.2. The van der Waals surface area contributed by atoms with Crippen LogP contribution in [0.5, 0.6) is 0 Å². The van der Waals surface area contributed by atoms with E-state index in [9.17, 15) is 9.90 Å². The highest BCUT2D eigenvalue weighted by Gasteiger charge is 2.31. The summed E-state index contributed by atoms with van der Waals surface area (Å²) < 4.78 is 0. The van der Waals surface area contributed by atoms with Gasteiger partial charge in [0.15, 0.2) is 0 Å². The molecule has 1 aromatic heterocycles. The van der Waals surface area contributed by atoms with Crippen molar-refractivity contribution >= 4 is 17.4 Å². The van der Waals surface area contributed by atoms with Gasteiger partial charge >= 0.3 is 6.03 Å². The predicted molar refractivity (Wildman–Crippen MR) is 77.3 cm³/mol. The Morgan fingerprint density at radius 2 is 2.21 bits per heavy atom. The summed E-state index contributed by atoms with van der Waals surface area (Å²) in [5.41, 5.74) is 0. The number of hydrogen-bond donors (Lipinski definition) is 2. The summed E-state index contributed by atoms with van der Waals surface area (Å²) in [4.78, 5) is 15.9. The van der Waals surface area contributed by atoms with Crippen molar-refractivity contribution < 1.29 is 9.90 Å². The van der Waals surface area contributed by atoms with Crippen molar-refractivity contribution in [3.05, 3.63) is 21.9 Å². The molecule has 5 heteroatoms. The monoisotopic (exact) mass is 282 g/mol. The van der Waals surface area contributed by atoms with Crippen LogP contribution in [0.2, 0.25) is 0 Å². The summed E-state index contributed by atoms with van der Waals surface area (Å²) in [7, 11) is 1.73. The zero-order chi connectivity index (χ0) is 13.8. The van der Waals surface area contributed by atoms with E-state index in [1.807, 2.05) is 0 Å². The highest BCUT2D eigenvalue weighted by molar-refractivity contribution is 7.11. The minimum absolute atomic E-state index is 0.119. The normalized spacial score (nSPS) is 16.2. The molecule has 0 saturated heterocycles. The van der Waals surface area contributed by atoms with Gasteiger partial charge in [0.05, 0.1) is 12.6 Å². The molecule has 1 atom stereocenters. The van der Waals surface area contributed by atoms with Crippen LogP contribution in [0.1, 0.15) is 29.5 Å². The number of aryl methyl sites for hydroxylation is 1. The van der Waals surface area contributed by atoms with Gasteiger partial charge in [0.25, 0.3) is 0 Å². The maximum atomic E-state index is 11.9. The number of thiophene rings is 1. The summed E-state index contributed by atoms with van der Waals surface area (Å²) in [5, 5.41) is 12.7. The van der Waals surface area contributed by atoms with Crippen molar-refractivity contribution in [1.82, 2.24) is 10.2 Å². The first-order valence-electron chi connectivity index (χ1n) is 6.84. The second kappa shape index (κ2) is 6.39. The quantitative estimate of drug-likeness (QED) is 0.840. The van der Waals surface area contributed by atoms with E-state index in [0.29, 0.717) is 19.0 Å². The Morgan fingerprint density at radius 1 is 1.53 bits per heavy atom. The van der Waals surface area contributed by atoms with Crippen molar-refractivity contribution in [1.29, 1.82) is 0 Å². The van der Waals surface area contributed by atoms with Gasteiger partial charge in [-0.25, -0.2) is 4.79 Å². The Kier molecular flexibility index (Phi) is 4.82. The molecule has 0 aliphatic heterocycles. The van der Waals surface area contributed by atoms with E-state index in [1.165, 1.54) is 9.75 Å². The molecule has 1 aliphatic carbocycles. The minimum Gasteiger partial charge on any atom is -0.391 e. The van der Waals surface area contributed by atoms with Crippen molar-refractivity contribution in [2.45, 2.75) is 38.8 Å². The van der Waals surface area contributed by atoms with Crippen LogP contribution < -0.4 is 5.32 Å². The second-order valence-corrected chi connectivity index (χ2v) is 6.42. The molecule has 106 valence electrons. The molecule has 1 aliphatic rings. The van der Waals surface area contributed by atoms with Gasteiger partial charge in [-0.1, -0.05) is 6.92 Å². The third kappa shape index (κ3) is 4.21. The molecular weight excluding hydrogens is 260 g/mol. The molecule has 0 bridgehead atoms. The number of likely N-dealkylation sites (N-methyl/N-ethyl adjacent to an activating group) is 1. The number of aliphatic hydroxyl groups excluding tert-OH is 1. The van der Waals surface area contributed by atoms with Crippen LogP contribution in [-0.4, -0.2) is 35.7 Å². The van der Waals surface area contributed by atoms with Gasteiger partial charge in [-0.2, -0.15) is 0 Å². The molecular formula is C14H22N2O2S. The van der Waals surface area contributed by atoms with Crippen molar-refractivity contribution in [2.24, 2.45) is 5.92 Å². The van der Waals surface area contributed by atoms with E-state index >= 15 is 0 Å². The molecule has 2 amide bonds. The van der Waals surface area contributed by atoms with Gasteiger partial charge in [0, 0.05) is 23.3 Å². The predicted octanol–water partition coefficient (Wildman–Crippen LogP) is 2.22. The van der Waals surface area contributed by atoms with Gasteiger partial charge in [0.1, 0.15) is 0 Å². The summed E-state index contributed by atoms with van der Waals surface area (Å²) in [5.74, 6) is 0.402. The fourth-order valence-electron chi connectivity index (χ4n) is 2.00. The average Bonchev–Trinajstić information content (AvgIpc) is 3.15. The van der Waals surface area contributed by atoms with Gasteiger partial charge in [-0.05, 0) is 37.3 Å². The number of hydrogen-bond acceptors (Lipinski definition) is 3. The van der Waals surface area contributed by atoms with E-state index < -0.39 is 0 Å². The smallest absolute Gasteiger partial charge is 0.317 e. The van der Waals surface area contributed by atoms with Crippen LogP contribution in [0.3, 0.4) is 0 Å². The lowest BCUT2D eigenvalue weighted by Crippen LogP contribution is -2.41. The SMILES string of the molecule is CCc1ccc(CNC(=O)N(C)CC(O)C2CC2)s1. The van der Waals surface area contributed by atoms with Crippen LogP contribution in [-0.2, 0) is 13.0 Å². The molecule has 1 saturated carbocycles. The number of aliphatic hydroxyl groups is 1. The zero-order valence-corrected chi connectivity index (χ0v) is 12.4. The van der Waals surface area contributed by atoms with E-state index in [4.69, 9.17) is 0 Å². The highest BCUT2D eigenvalue weighted by atomic mass is 32.1. The van der Waals surface area contributed by atoms with Gasteiger partial charge in [0.2, 0.25) is 0 Å². The lowest BCUT2D eigenvalue weighted by Gasteiger charge is -2.21. The zero-order valence-electron chi connectivity index (χ0n) is 11.6. The van der Waals surface area contributed by atoms with Crippen LogP contribution in [0.15, 0.2) is 12.1 Å². The second-order valence-electron chi connectivity index (χ2n) is 5.17. The molecule has 19 heavy (non-hydrogen) atoms. The largest absolute Gasteiger partial charge is 0.391 e. The summed E-state index contributed by atoms with van der Waals surface area (Å²) >= 11 is 1.73. The fraction of sp³-hybridized carbons (Fsp3) is 0.643. The molecule has 2 N–H and O–H groups in total. The summed E-state index contributed by atoms with van der Waals surface area (Å²) in [6.07, 6.45) is 2.84. The van der Waals surface area contributed by atoms with Crippen molar-refractivity contribution in [3.63, 3.8) is 0 Å². The first-order chi connectivity index (χ1) is 9.10. The Hall–Kier alpha value is -1.07. The Balaban J connectivity index is 1.73. The van der Waals surface area contributed by atoms with Crippen LogP contribution >= 0.6 is 11.3 Å². The molecule has 2 rings (SSSR count). The molecule has 1 unspecified atom stereocenters. The van der Waals surface area contributed by atoms with Crippen LogP contribution in [0.4, 0.5) is 4.79 Å². The number of nitrogens with one attached hydrogen (secondary N) is 1. The van der Waals surface area contributed by atoms with E-state index in [0.717, 1.165) is 19.3 Å². The average molecular weight is 282 g/mol. The number of amides is 2. The third-order valence-electron chi connectivity index (χ3n) is 3.45. The lowest BCUT2D eigenvalue weighted by molar-refractivity contribution is 0.113. The third-order valence-corrected chi connectivity index (χ3v) is 4.68. The standard InChI is InChI=1S/C14H22N2O2S/c1-3-11-6-7-12(19-11)8-15-14(18)16(2)9-13(17)10-4-5-10/h6-7,10,13,17H,3-5,8-9H2,1-2H3,(H,15,18). The Labute approximate surface area is 118 Å². The maximum absolute atomic E-state index is 11.9. The van der Waals surface area contributed by atoms with E-state index in [1.54, 1.807) is 23.3 Å². The van der Waals surface area contributed by atoms with Gasteiger partial charge in [-0.3, -0.25) is 0 Å². The van der Waals surface area contributed by atoms with E-state index in [2.05, 4.69) is 24.4 Å². The molecule has 0 spiro atoms. The summed E-state index contributed by atoms with van der Waals surface area (Å²) in [6, 6.07) is 4.04. The summed E-state index contributed by atoms with van der Waals surface area (Å²) in [6.45, 7) is 3.11. The first kappa shape index (κ1) is 14.3. The number of carbonyl (C=O) groups excluding carboxylic acids is 1. The number of rotatable bonds is 6. The Bertz CT molecular complexity index is 429. The topological polar surface area (TPSA) is 52.6 Å². The van der Waals surface area contributed by atoms with Crippen molar-refractivity contribution in [3.8, 4) is 0 Å². The number of carbonyl (C=O) groups is 1. The highest BCUT2D eigenvalue weighted by Crippen LogP contribution is 2.32. The number of nitrogens with zero attached hydrogens (tertiary/aromatic N) is 1. The number of urea groups is 1. The van der Waals surface area contributed by atoms with Crippen LogP contribution in [0, 0.1) is 5.92 Å². The first-order valence-corrected chi connectivity index (χ1v) is 7.66. The minimum atomic E-state index is -0.371. The van der Waals surface area contributed by atoms with Gasteiger partial charge in [-0.15, -0.1) is 11.3 Å². The molecule has 0 radical (unpaired) electrons. The molecule has 4 nitrogen and oxygen atoms in total. The molecule has 1 aromatic rings. The fourth-order valence-corrected chi connectivity index (χ4v) is 2.90. The maximum Gasteiger partial charge on any atom is 0.317 e. The van der Waals surface area contributed by atoms with Crippen LogP contribution in [0.25, 0.3) is 0 Å². The van der Waals surface area contributed by atoms with E-state index in [-0.39, 0.29) is 12.1 Å². The molecule has 1 heterocycles. The molecule has 0 aromatic carbocycles. The van der Waals surface area contributed by atoms with Crippen molar-refractivity contribution in [2.75, 3.05) is 13.6 Å². The molecule has 1 fully saturated rings. The Morgan fingerprint density at radius 3 is 2.79 bits per heavy atom.